The van der Waals surface area contributed by atoms with E-state index in [1.54, 1.807) is 13.2 Å². The average Bonchev–Trinajstić information content (AvgIpc) is 2.47. The SMILES string of the molecule is COc1cc(Cl)nc(NC(=O)Cc2ccccc2OC)n1. The molecule has 0 bridgehead atoms. The van der Waals surface area contributed by atoms with Crippen molar-refractivity contribution in [3.8, 4) is 11.6 Å². The highest BCUT2D eigenvalue weighted by Crippen LogP contribution is 2.19. The van der Waals surface area contributed by atoms with E-state index in [9.17, 15) is 4.79 Å². The van der Waals surface area contributed by atoms with Gasteiger partial charge >= 0.3 is 0 Å². The van der Waals surface area contributed by atoms with E-state index in [0.717, 1.165) is 5.56 Å². The van der Waals surface area contributed by atoms with Gasteiger partial charge in [0.15, 0.2) is 0 Å². The Kier molecular flexibility index (Phi) is 4.94. The number of carbonyl (C=O) groups excluding carboxylic acids is 1. The number of aromatic nitrogens is 2. The lowest BCUT2D eigenvalue weighted by atomic mass is 10.1. The van der Waals surface area contributed by atoms with E-state index in [0.29, 0.717) is 5.75 Å². The molecule has 0 saturated carbocycles. The second-order valence-electron chi connectivity index (χ2n) is 4.09. The smallest absolute Gasteiger partial charge is 0.234 e. The fourth-order valence-corrected chi connectivity index (χ4v) is 1.92. The molecule has 1 amide bonds. The first-order chi connectivity index (χ1) is 10.1. The summed E-state index contributed by atoms with van der Waals surface area (Å²) in [5.41, 5.74) is 0.770. The summed E-state index contributed by atoms with van der Waals surface area (Å²) < 4.78 is 10.2. The van der Waals surface area contributed by atoms with E-state index in [4.69, 9.17) is 21.1 Å². The van der Waals surface area contributed by atoms with Crippen LogP contribution in [0, 0.1) is 0 Å². The van der Waals surface area contributed by atoms with Gasteiger partial charge in [-0.3, -0.25) is 10.1 Å². The van der Waals surface area contributed by atoms with Crippen molar-refractivity contribution in [2.75, 3.05) is 19.5 Å². The van der Waals surface area contributed by atoms with Crippen LogP contribution in [0.15, 0.2) is 30.3 Å². The van der Waals surface area contributed by atoms with E-state index in [-0.39, 0.29) is 29.3 Å². The normalized spacial score (nSPS) is 10.0. The van der Waals surface area contributed by atoms with Crippen LogP contribution in [0.1, 0.15) is 5.56 Å². The molecule has 0 unspecified atom stereocenters. The highest BCUT2D eigenvalue weighted by Gasteiger charge is 2.11. The molecule has 1 heterocycles. The molecule has 0 aliphatic heterocycles. The van der Waals surface area contributed by atoms with Crippen LogP contribution in [0.3, 0.4) is 0 Å². The molecule has 21 heavy (non-hydrogen) atoms. The maximum Gasteiger partial charge on any atom is 0.234 e. The van der Waals surface area contributed by atoms with Gasteiger partial charge in [0.1, 0.15) is 10.9 Å². The predicted octanol–water partition coefficient (Wildman–Crippen LogP) is 2.33. The van der Waals surface area contributed by atoms with Gasteiger partial charge in [-0.15, -0.1) is 0 Å². The summed E-state index contributed by atoms with van der Waals surface area (Å²) >= 11 is 5.82. The Hall–Kier alpha value is -2.34. The van der Waals surface area contributed by atoms with Crippen LogP contribution in [0.25, 0.3) is 0 Å². The minimum Gasteiger partial charge on any atom is -0.496 e. The topological polar surface area (TPSA) is 73.3 Å². The number of halogens is 1. The van der Waals surface area contributed by atoms with E-state index >= 15 is 0 Å². The number of ether oxygens (including phenoxy) is 2. The predicted molar refractivity (Wildman–Crippen MR) is 78.9 cm³/mol. The molecule has 7 heteroatoms. The summed E-state index contributed by atoms with van der Waals surface area (Å²) in [5.74, 6) is 0.753. The highest BCUT2D eigenvalue weighted by atomic mass is 35.5. The molecule has 0 aliphatic carbocycles. The Bertz CT molecular complexity index is 649. The lowest BCUT2D eigenvalue weighted by molar-refractivity contribution is -0.115. The number of anilines is 1. The highest BCUT2D eigenvalue weighted by molar-refractivity contribution is 6.29. The number of hydrogen-bond donors (Lipinski definition) is 1. The molecule has 1 aromatic heterocycles. The van der Waals surface area contributed by atoms with Gasteiger partial charge in [0, 0.05) is 11.6 Å². The van der Waals surface area contributed by atoms with Gasteiger partial charge in [-0.1, -0.05) is 29.8 Å². The van der Waals surface area contributed by atoms with Crippen molar-refractivity contribution in [1.29, 1.82) is 0 Å². The molecule has 1 N–H and O–H groups in total. The van der Waals surface area contributed by atoms with Crippen molar-refractivity contribution < 1.29 is 14.3 Å². The zero-order valence-electron chi connectivity index (χ0n) is 11.6. The maximum absolute atomic E-state index is 12.0. The van der Waals surface area contributed by atoms with E-state index in [1.165, 1.54) is 13.2 Å². The molecule has 2 rings (SSSR count). The Balaban J connectivity index is 2.10. The third-order valence-corrected chi connectivity index (χ3v) is 2.87. The summed E-state index contributed by atoms with van der Waals surface area (Å²) in [6.45, 7) is 0. The number of nitrogens with one attached hydrogen (secondary N) is 1. The Morgan fingerprint density at radius 3 is 2.71 bits per heavy atom. The van der Waals surface area contributed by atoms with Gasteiger partial charge in [0.2, 0.25) is 17.7 Å². The molecule has 0 atom stereocenters. The van der Waals surface area contributed by atoms with E-state index < -0.39 is 0 Å². The van der Waals surface area contributed by atoms with Gasteiger partial charge in [-0.05, 0) is 6.07 Å². The lowest BCUT2D eigenvalue weighted by Crippen LogP contribution is -2.17. The molecular formula is C14H14ClN3O3. The Morgan fingerprint density at radius 1 is 1.24 bits per heavy atom. The number of amides is 1. The molecule has 2 aromatic rings. The third kappa shape index (κ3) is 4.06. The first kappa shape index (κ1) is 15.1. The largest absolute Gasteiger partial charge is 0.496 e. The molecule has 0 aliphatic rings. The van der Waals surface area contributed by atoms with Crippen LogP contribution in [0.4, 0.5) is 5.95 Å². The van der Waals surface area contributed by atoms with Gasteiger partial charge in [0.05, 0.1) is 20.6 Å². The number of nitrogens with zero attached hydrogens (tertiary/aromatic N) is 2. The Morgan fingerprint density at radius 2 is 2.00 bits per heavy atom. The van der Waals surface area contributed by atoms with Crippen LogP contribution in [0.5, 0.6) is 11.6 Å². The van der Waals surface area contributed by atoms with Gasteiger partial charge in [-0.25, -0.2) is 4.98 Å². The van der Waals surface area contributed by atoms with Crippen LogP contribution in [0.2, 0.25) is 5.15 Å². The van der Waals surface area contributed by atoms with Crippen molar-refractivity contribution in [3.63, 3.8) is 0 Å². The summed E-state index contributed by atoms with van der Waals surface area (Å²) in [6.07, 6.45) is 0.141. The van der Waals surface area contributed by atoms with Gasteiger partial charge < -0.3 is 9.47 Å². The van der Waals surface area contributed by atoms with Gasteiger partial charge in [-0.2, -0.15) is 4.98 Å². The van der Waals surface area contributed by atoms with E-state index in [1.807, 2.05) is 18.2 Å². The van der Waals surface area contributed by atoms with Crippen LogP contribution in [-0.4, -0.2) is 30.1 Å². The number of carbonyl (C=O) groups is 1. The molecule has 0 radical (unpaired) electrons. The van der Waals surface area contributed by atoms with Gasteiger partial charge in [0.25, 0.3) is 0 Å². The molecule has 0 saturated heterocycles. The number of benzene rings is 1. The lowest BCUT2D eigenvalue weighted by Gasteiger charge is -2.08. The summed E-state index contributed by atoms with van der Waals surface area (Å²) in [5, 5.41) is 2.77. The fraction of sp³-hybridized carbons (Fsp3) is 0.214. The molecule has 0 fully saturated rings. The van der Waals surface area contributed by atoms with Crippen LogP contribution < -0.4 is 14.8 Å². The van der Waals surface area contributed by atoms with Crippen molar-refractivity contribution in [2.24, 2.45) is 0 Å². The second-order valence-corrected chi connectivity index (χ2v) is 4.48. The molecule has 6 nitrogen and oxygen atoms in total. The third-order valence-electron chi connectivity index (χ3n) is 2.68. The number of para-hydroxylation sites is 1. The summed E-state index contributed by atoms with van der Waals surface area (Å²) in [7, 11) is 3.01. The Labute approximate surface area is 127 Å². The average molecular weight is 308 g/mol. The second kappa shape index (κ2) is 6.90. The van der Waals surface area contributed by atoms with Crippen LogP contribution in [-0.2, 0) is 11.2 Å². The minimum absolute atomic E-state index is 0.0965. The quantitative estimate of drug-likeness (QED) is 0.858. The first-order valence-corrected chi connectivity index (χ1v) is 6.50. The first-order valence-electron chi connectivity index (χ1n) is 6.12. The summed E-state index contributed by atoms with van der Waals surface area (Å²) in [6, 6.07) is 8.74. The van der Waals surface area contributed by atoms with E-state index in [2.05, 4.69) is 15.3 Å². The minimum atomic E-state index is -0.274. The zero-order valence-corrected chi connectivity index (χ0v) is 12.3. The van der Waals surface area contributed by atoms with Crippen LogP contribution >= 0.6 is 11.6 Å². The molecule has 1 aromatic carbocycles. The monoisotopic (exact) mass is 307 g/mol. The standard InChI is InChI=1S/C14H14ClN3O3/c1-20-10-6-4-3-5-9(10)7-12(19)17-14-16-11(15)8-13(18-14)21-2/h3-6,8H,7H2,1-2H3,(H,16,17,18,19). The fourth-order valence-electron chi connectivity index (χ4n) is 1.75. The van der Waals surface area contributed by atoms with Crippen molar-refractivity contribution in [2.45, 2.75) is 6.42 Å². The number of rotatable bonds is 5. The number of hydrogen-bond acceptors (Lipinski definition) is 5. The van der Waals surface area contributed by atoms with Crippen molar-refractivity contribution in [3.05, 3.63) is 41.0 Å². The zero-order chi connectivity index (χ0) is 15.2. The molecule has 0 spiro atoms. The van der Waals surface area contributed by atoms with Crippen molar-refractivity contribution in [1.82, 2.24) is 9.97 Å². The van der Waals surface area contributed by atoms with Crippen molar-refractivity contribution >= 4 is 23.5 Å². The summed E-state index contributed by atoms with van der Waals surface area (Å²) in [4.78, 5) is 19.9. The number of methoxy groups -OCH3 is 2. The molecule has 110 valence electrons. The molecular weight excluding hydrogens is 294 g/mol. The maximum atomic E-state index is 12.0.